The van der Waals surface area contributed by atoms with Crippen LogP contribution >= 0.6 is 0 Å². The molecule has 2 aromatic carbocycles. The van der Waals surface area contributed by atoms with Crippen LogP contribution in [0, 0.1) is 0 Å². The Labute approximate surface area is 200 Å². The largest absolute Gasteiger partial charge is 0.386 e. The van der Waals surface area contributed by atoms with Gasteiger partial charge in [0.25, 0.3) is 0 Å². The number of hydrogen-bond donors (Lipinski definition) is 0. The molecule has 0 aliphatic heterocycles. The average molecular weight is 451 g/mol. The lowest BCUT2D eigenvalue weighted by atomic mass is 9.80. The molecule has 3 heteroatoms. The van der Waals surface area contributed by atoms with Gasteiger partial charge in [-0.3, -0.25) is 0 Å². The molecule has 0 fully saturated rings. The molecular formula is C30H42O3. The minimum atomic E-state index is -0.612. The smallest absolute Gasteiger partial charge is 0.346 e. The van der Waals surface area contributed by atoms with Gasteiger partial charge in [0.2, 0.25) is 0 Å². The fraction of sp³-hybridized carbons (Fsp3) is 0.533. The molecule has 0 heterocycles. The van der Waals surface area contributed by atoms with Crippen LogP contribution in [0.25, 0.3) is 0 Å². The maximum atomic E-state index is 12.5. The van der Waals surface area contributed by atoms with E-state index in [0.717, 1.165) is 12.8 Å². The standard InChI is InChI=1S/C30H42O3/c1-7-9-11-21-29(3,4)25-17-13-23(14-18-25)27(31)33-28(32)24-15-19-26(20-16-24)30(5,6)22-12-10-8-2/h13-20H,7-12,21-22H2,1-6H3. The Morgan fingerprint density at radius 2 is 0.939 bits per heavy atom. The zero-order chi connectivity index (χ0) is 24.5. The molecule has 0 radical (unpaired) electrons. The molecule has 0 saturated carbocycles. The molecule has 0 amide bonds. The highest BCUT2D eigenvalue weighted by Gasteiger charge is 2.23. The van der Waals surface area contributed by atoms with E-state index in [2.05, 4.69) is 41.5 Å². The lowest BCUT2D eigenvalue weighted by Gasteiger charge is -2.25. The van der Waals surface area contributed by atoms with Gasteiger partial charge in [-0.05, 0) is 59.1 Å². The number of benzene rings is 2. The third-order valence-electron chi connectivity index (χ3n) is 6.80. The minimum Gasteiger partial charge on any atom is -0.386 e. The zero-order valence-electron chi connectivity index (χ0n) is 21.5. The Bertz CT molecular complexity index is 814. The monoisotopic (exact) mass is 450 g/mol. The molecule has 0 unspecified atom stereocenters. The number of unbranched alkanes of at least 4 members (excludes halogenated alkanes) is 4. The Hall–Kier alpha value is -2.42. The summed E-state index contributed by atoms with van der Waals surface area (Å²) in [5.41, 5.74) is 3.28. The van der Waals surface area contributed by atoms with Crippen molar-refractivity contribution in [1.82, 2.24) is 0 Å². The first-order valence-corrected chi connectivity index (χ1v) is 12.6. The Morgan fingerprint density at radius 3 is 1.24 bits per heavy atom. The molecule has 0 aromatic heterocycles. The van der Waals surface area contributed by atoms with Crippen molar-refractivity contribution in [2.45, 2.75) is 104 Å². The van der Waals surface area contributed by atoms with Gasteiger partial charge in [0.15, 0.2) is 0 Å². The van der Waals surface area contributed by atoms with Crippen LogP contribution in [-0.4, -0.2) is 11.9 Å². The van der Waals surface area contributed by atoms with Crippen molar-refractivity contribution < 1.29 is 14.3 Å². The lowest BCUT2D eigenvalue weighted by molar-refractivity contribution is 0.0397. The van der Waals surface area contributed by atoms with Crippen molar-refractivity contribution in [1.29, 1.82) is 0 Å². The fourth-order valence-corrected chi connectivity index (χ4v) is 4.24. The molecule has 33 heavy (non-hydrogen) atoms. The second-order valence-corrected chi connectivity index (χ2v) is 10.5. The Morgan fingerprint density at radius 1 is 0.606 bits per heavy atom. The molecule has 2 rings (SSSR count). The van der Waals surface area contributed by atoms with Gasteiger partial charge < -0.3 is 4.74 Å². The topological polar surface area (TPSA) is 43.4 Å². The maximum absolute atomic E-state index is 12.5. The molecule has 0 bridgehead atoms. The summed E-state index contributed by atoms with van der Waals surface area (Å²) in [5, 5.41) is 0. The van der Waals surface area contributed by atoms with E-state index in [0.29, 0.717) is 11.1 Å². The van der Waals surface area contributed by atoms with Gasteiger partial charge in [0.05, 0.1) is 11.1 Å². The summed E-state index contributed by atoms with van der Waals surface area (Å²) in [6, 6.07) is 14.9. The molecule has 0 atom stereocenters. The van der Waals surface area contributed by atoms with Gasteiger partial charge in [0, 0.05) is 0 Å². The lowest BCUT2D eigenvalue weighted by Crippen LogP contribution is -2.18. The first kappa shape index (κ1) is 26.8. The normalized spacial score (nSPS) is 11.9. The fourth-order valence-electron chi connectivity index (χ4n) is 4.24. The predicted molar refractivity (Wildman–Crippen MR) is 137 cm³/mol. The first-order valence-electron chi connectivity index (χ1n) is 12.6. The summed E-state index contributed by atoms with van der Waals surface area (Å²) >= 11 is 0. The number of rotatable bonds is 12. The van der Waals surface area contributed by atoms with Crippen molar-refractivity contribution in [3.05, 3.63) is 70.8 Å². The number of hydrogen-bond acceptors (Lipinski definition) is 3. The van der Waals surface area contributed by atoms with E-state index in [1.807, 2.05) is 24.3 Å². The number of esters is 2. The van der Waals surface area contributed by atoms with Crippen LogP contribution in [0.5, 0.6) is 0 Å². The van der Waals surface area contributed by atoms with Crippen molar-refractivity contribution in [3.63, 3.8) is 0 Å². The van der Waals surface area contributed by atoms with E-state index < -0.39 is 11.9 Å². The Balaban J connectivity index is 1.99. The SMILES string of the molecule is CCCCCC(C)(C)c1ccc(C(=O)OC(=O)c2ccc(C(C)(C)CCCCC)cc2)cc1. The highest BCUT2D eigenvalue weighted by atomic mass is 16.6. The van der Waals surface area contributed by atoms with E-state index in [-0.39, 0.29) is 10.8 Å². The van der Waals surface area contributed by atoms with Crippen LogP contribution in [0.15, 0.2) is 48.5 Å². The molecule has 0 saturated heterocycles. The van der Waals surface area contributed by atoms with Gasteiger partial charge in [0.1, 0.15) is 0 Å². The van der Waals surface area contributed by atoms with Gasteiger partial charge >= 0.3 is 11.9 Å². The summed E-state index contributed by atoms with van der Waals surface area (Å²) in [4.78, 5) is 25.1. The van der Waals surface area contributed by atoms with Crippen LogP contribution in [0.4, 0.5) is 0 Å². The van der Waals surface area contributed by atoms with Crippen LogP contribution in [0.3, 0.4) is 0 Å². The number of ether oxygens (including phenoxy) is 1. The van der Waals surface area contributed by atoms with Crippen LogP contribution in [0.2, 0.25) is 0 Å². The average Bonchev–Trinajstić information content (AvgIpc) is 2.79. The first-order chi connectivity index (χ1) is 15.6. The number of carbonyl (C=O) groups is 2. The molecule has 0 spiro atoms. The second-order valence-electron chi connectivity index (χ2n) is 10.5. The van der Waals surface area contributed by atoms with Crippen molar-refractivity contribution in [3.8, 4) is 0 Å². The van der Waals surface area contributed by atoms with Gasteiger partial charge in [-0.2, -0.15) is 0 Å². The minimum absolute atomic E-state index is 0.0550. The molecule has 0 N–H and O–H groups in total. The van der Waals surface area contributed by atoms with Crippen molar-refractivity contribution in [2.75, 3.05) is 0 Å². The second kappa shape index (κ2) is 12.2. The van der Waals surface area contributed by atoms with Crippen LogP contribution in [0.1, 0.15) is 125 Å². The van der Waals surface area contributed by atoms with E-state index in [4.69, 9.17) is 4.74 Å². The summed E-state index contributed by atoms with van der Waals surface area (Å²) in [5.74, 6) is -1.22. The summed E-state index contributed by atoms with van der Waals surface area (Å²) in [6.45, 7) is 13.3. The van der Waals surface area contributed by atoms with Crippen molar-refractivity contribution >= 4 is 11.9 Å². The molecule has 0 aliphatic carbocycles. The van der Waals surface area contributed by atoms with Gasteiger partial charge in [-0.1, -0.05) is 104 Å². The summed E-state index contributed by atoms with van der Waals surface area (Å²) in [7, 11) is 0. The van der Waals surface area contributed by atoms with Crippen LogP contribution in [-0.2, 0) is 15.6 Å². The molecule has 180 valence electrons. The third kappa shape index (κ3) is 7.84. The van der Waals surface area contributed by atoms with Gasteiger partial charge in [-0.25, -0.2) is 9.59 Å². The third-order valence-corrected chi connectivity index (χ3v) is 6.80. The molecule has 3 nitrogen and oxygen atoms in total. The zero-order valence-corrected chi connectivity index (χ0v) is 21.5. The van der Waals surface area contributed by atoms with Gasteiger partial charge in [-0.15, -0.1) is 0 Å². The highest BCUT2D eigenvalue weighted by molar-refractivity contribution is 6.02. The van der Waals surface area contributed by atoms with E-state index in [1.165, 1.54) is 49.7 Å². The maximum Gasteiger partial charge on any atom is 0.346 e. The molecular weight excluding hydrogens is 408 g/mol. The molecule has 2 aromatic rings. The quantitative estimate of drug-likeness (QED) is 0.185. The Kier molecular flexibility index (Phi) is 9.88. The van der Waals surface area contributed by atoms with E-state index >= 15 is 0 Å². The van der Waals surface area contributed by atoms with Crippen LogP contribution < -0.4 is 0 Å². The number of carbonyl (C=O) groups excluding carboxylic acids is 2. The predicted octanol–water partition coefficient (Wildman–Crippen LogP) is 8.40. The van der Waals surface area contributed by atoms with Crippen molar-refractivity contribution in [2.24, 2.45) is 0 Å². The highest BCUT2D eigenvalue weighted by Crippen LogP contribution is 2.31. The summed E-state index contributed by atoms with van der Waals surface area (Å²) < 4.78 is 5.15. The van der Waals surface area contributed by atoms with E-state index in [1.54, 1.807) is 24.3 Å². The van der Waals surface area contributed by atoms with E-state index in [9.17, 15) is 9.59 Å². The molecule has 0 aliphatic rings. The summed E-state index contributed by atoms with van der Waals surface area (Å²) in [6.07, 6.45) is 9.46.